The van der Waals surface area contributed by atoms with Crippen LogP contribution in [-0.2, 0) is 9.84 Å². The van der Waals surface area contributed by atoms with Crippen LogP contribution in [0.2, 0.25) is 0 Å². The number of sulfone groups is 1. The molecule has 2 N–H and O–H groups in total. The molecular formula is C14H21N3O3S. The first kappa shape index (κ1) is 14.4. The maximum Gasteiger partial charge on any atom is 0.239 e. The van der Waals surface area contributed by atoms with Gasteiger partial charge in [0.2, 0.25) is 5.88 Å². The van der Waals surface area contributed by atoms with E-state index in [0.29, 0.717) is 36.3 Å². The summed E-state index contributed by atoms with van der Waals surface area (Å²) in [7, 11) is -1.04. The molecule has 7 heteroatoms. The number of ether oxygens (including phenoxy) is 1. The average molecular weight is 311 g/mol. The molecule has 2 fully saturated rings. The van der Waals surface area contributed by atoms with Crippen molar-refractivity contribution in [2.24, 2.45) is 5.92 Å². The Morgan fingerprint density at radius 3 is 2.76 bits per heavy atom. The van der Waals surface area contributed by atoms with Gasteiger partial charge in [0.1, 0.15) is 5.82 Å². The zero-order valence-corrected chi connectivity index (χ0v) is 13.0. The Labute approximate surface area is 125 Å². The highest BCUT2D eigenvalue weighted by atomic mass is 32.2. The quantitative estimate of drug-likeness (QED) is 0.875. The van der Waals surface area contributed by atoms with E-state index in [-0.39, 0.29) is 17.5 Å². The first-order valence-electron chi connectivity index (χ1n) is 7.27. The molecule has 0 bridgehead atoms. The summed E-state index contributed by atoms with van der Waals surface area (Å²) in [5.74, 6) is 2.23. The number of anilines is 2. The van der Waals surface area contributed by atoms with E-state index in [4.69, 9.17) is 10.5 Å². The molecule has 0 spiro atoms. The smallest absolute Gasteiger partial charge is 0.239 e. The van der Waals surface area contributed by atoms with E-state index in [0.717, 1.165) is 0 Å². The van der Waals surface area contributed by atoms with Crippen LogP contribution in [0.25, 0.3) is 0 Å². The van der Waals surface area contributed by atoms with Gasteiger partial charge in [-0.3, -0.25) is 0 Å². The second-order valence-electron chi connectivity index (χ2n) is 5.99. The molecular weight excluding hydrogens is 290 g/mol. The SMILES string of the molecule is CN(c1ccc(N)c(OCC2CC2)n1)C1CCS(=O)(=O)C1. The minimum absolute atomic E-state index is 0.0255. The van der Waals surface area contributed by atoms with Gasteiger partial charge in [0.15, 0.2) is 9.84 Å². The van der Waals surface area contributed by atoms with Crippen LogP contribution in [0.1, 0.15) is 19.3 Å². The Morgan fingerprint density at radius 2 is 2.14 bits per heavy atom. The topological polar surface area (TPSA) is 85.5 Å². The second kappa shape index (κ2) is 5.36. The molecule has 1 aromatic heterocycles. The predicted molar refractivity (Wildman–Crippen MR) is 82.3 cm³/mol. The maximum absolute atomic E-state index is 11.6. The van der Waals surface area contributed by atoms with E-state index in [9.17, 15) is 8.42 Å². The summed E-state index contributed by atoms with van der Waals surface area (Å²) in [6.07, 6.45) is 3.06. The molecule has 1 saturated carbocycles. The van der Waals surface area contributed by atoms with Crippen LogP contribution in [0.5, 0.6) is 5.88 Å². The molecule has 2 heterocycles. The van der Waals surface area contributed by atoms with Crippen LogP contribution in [0.4, 0.5) is 11.5 Å². The Balaban J connectivity index is 1.73. The van der Waals surface area contributed by atoms with Gasteiger partial charge in [-0.25, -0.2) is 8.42 Å². The highest BCUT2D eigenvalue weighted by molar-refractivity contribution is 7.91. The van der Waals surface area contributed by atoms with Gasteiger partial charge in [0.25, 0.3) is 0 Å². The maximum atomic E-state index is 11.6. The molecule has 2 aliphatic rings. The fourth-order valence-electron chi connectivity index (χ4n) is 2.50. The van der Waals surface area contributed by atoms with Crippen molar-refractivity contribution in [2.75, 3.05) is 35.8 Å². The molecule has 1 unspecified atom stereocenters. The van der Waals surface area contributed by atoms with Crippen molar-refractivity contribution in [3.8, 4) is 5.88 Å². The van der Waals surface area contributed by atoms with Crippen LogP contribution in [-0.4, -0.2) is 44.6 Å². The molecule has 1 aliphatic carbocycles. The third-order valence-electron chi connectivity index (χ3n) is 4.15. The van der Waals surface area contributed by atoms with Crippen LogP contribution in [0, 0.1) is 5.92 Å². The Hall–Kier alpha value is -1.50. The van der Waals surface area contributed by atoms with Gasteiger partial charge in [0, 0.05) is 13.1 Å². The Morgan fingerprint density at radius 1 is 1.38 bits per heavy atom. The molecule has 1 aliphatic heterocycles. The average Bonchev–Trinajstić information content (AvgIpc) is 3.20. The minimum Gasteiger partial charge on any atom is -0.476 e. The summed E-state index contributed by atoms with van der Waals surface area (Å²) in [4.78, 5) is 6.36. The summed E-state index contributed by atoms with van der Waals surface area (Å²) < 4.78 is 28.9. The van der Waals surface area contributed by atoms with Gasteiger partial charge in [-0.15, -0.1) is 0 Å². The second-order valence-corrected chi connectivity index (χ2v) is 8.21. The highest BCUT2D eigenvalue weighted by Crippen LogP contribution is 2.31. The van der Waals surface area contributed by atoms with Crippen LogP contribution >= 0.6 is 0 Å². The number of nitrogen functional groups attached to an aromatic ring is 1. The number of nitrogens with two attached hydrogens (primary N) is 1. The lowest BCUT2D eigenvalue weighted by molar-refractivity contribution is 0.290. The predicted octanol–water partition coefficient (Wildman–Crippen LogP) is 1.08. The van der Waals surface area contributed by atoms with E-state index in [2.05, 4.69) is 4.98 Å². The van der Waals surface area contributed by atoms with Crippen molar-refractivity contribution in [3.63, 3.8) is 0 Å². The molecule has 0 amide bonds. The number of hydrogen-bond acceptors (Lipinski definition) is 6. The first-order chi connectivity index (χ1) is 9.94. The molecule has 0 aromatic carbocycles. The molecule has 3 rings (SSSR count). The fraction of sp³-hybridized carbons (Fsp3) is 0.643. The van der Waals surface area contributed by atoms with E-state index in [1.165, 1.54) is 12.8 Å². The van der Waals surface area contributed by atoms with E-state index < -0.39 is 9.84 Å². The van der Waals surface area contributed by atoms with E-state index in [1.54, 1.807) is 6.07 Å². The van der Waals surface area contributed by atoms with Crippen molar-refractivity contribution in [3.05, 3.63) is 12.1 Å². The molecule has 21 heavy (non-hydrogen) atoms. The third kappa shape index (κ3) is 3.40. The van der Waals surface area contributed by atoms with Crippen LogP contribution in [0.3, 0.4) is 0 Å². The van der Waals surface area contributed by atoms with Gasteiger partial charge in [-0.05, 0) is 37.3 Å². The Bertz CT molecular complexity index is 628. The summed E-state index contributed by atoms with van der Waals surface area (Å²) in [6, 6.07) is 3.55. The van der Waals surface area contributed by atoms with Crippen molar-refractivity contribution in [1.82, 2.24) is 4.98 Å². The summed E-state index contributed by atoms with van der Waals surface area (Å²) in [5.41, 5.74) is 6.41. The lowest BCUT2D eigenvalue weighted by Gasteiger charge is -2.25. The molecule has 1 saturated heterocycles. The molecule has 6 nitrogen and oxygen atoms in total. The zero-order valence-electron chi connectivity index (χ0n) is 12.2. The van der Waals surface area contributed by atoms with Gasteiger partial charge >= 0.3 is 0 Å². The monoisotopic (exact) mass is 311 g/mol. The highest BCUT2D eigenvalue weighted by Gasteiger charge is 2.31. The van der Waals surface area contributed by atoms with Crippen molar-refractivity contribution >= 4 is 21.3 Å². The van der Waals surface area contributed by atoms with Gasteiger partial charge in [-0.1, -0.05) is 0 Å². The van der Waals surface area contributed by atoms with Crippen molar-refractivity contribution in [1.29, 1.82) is 0 Å². The van der Waals surface area contributed by atoms with Crippen molar-refractivity contribution < 1.29 is 13.2 Å². The lowest BCUT2D eigenvalue weighted by atomic mass is 10.2. The Kier molecular flexibility index (Phi) is 3.69. The third-order valence-corrected chi connectivity index (χ3v) is 5.90. The number of aromatic nitrogens is 1. The molecule has 0 radical (unpaired) electrons. The first-order valence-corrected chi connectivity index (χ1v) is 9.09. The molecule has 116 valence electrons. The number of hydrogen-bond donors (Lipinski definition) is 1. The lowest BCUT2D eigenvalue weighted by Crippen LogP contribution is -2.33. The summed E-state index contributed by atoms with van der Waals surface area (Å²) in [6.45, 7) is 0.655. The van der Waals surface area contributed by atoms with E-state index in [1.807, 2.05) is 18.0 Å². The number of rotatable bonds is 5. The van der Waals surface area contributed by atoms with E-state index >= 15 is 0 Å². The number of pyridine rings is 1. The standard InChI is InChI=1S/C14H21N3O3S/c1-17(11-6-7-21(18,19)9-11)13-5-4-12(15)14(16-13)20-8-10-2-3-10/h4-5,10-11H,2-3,6-9,15H2,1H3. The van der Waals surface area contributed by atoms with Gasteiger partial charge in [-0.2, -0.15) is 4.98 Å². The van der Waals surface area contributed by atoms with Crippen molar-refractivity contribution in [2.45, 2.75) is 25.3 Å². The van der Waals surface area contributed by atoms with Gasteiger partial charge < -0.3 is 15.4 Å². The normalized spacial score (nSPS) is 24.0. The van der Waals surface area contributed by atoms with Gasteiger partial charge in [0.05, 0.1) is 23.8 Å². The minimum atomic E-state index is -2.91. The summed E-state index contributed by atoms with van der Waals surface area (Å²) >= 11 is 0. The molecule has 1 aromatic rings. The largest absolute Gasteiger partial charge is 0.476 e. The van der Waals surface area contributed by atoms with Crippen LogP contribution in [0.15, 0.2) is 12.1 Å². The molecule has 1 atom stereocenters. The number of nitrogens with zero attached hydrogens (tertiary/aromatic N) is 2. The zero-order chi connectivity index (χ0) is 15.0. The fourth-order valence-corrected chi connectivity index (χ4v) is 4.28. The summed E-state index contributed by atoms with van der Waals surface area (Å²) in [5, 5.41) is 0. The van der Waals surface area contributed by atoms with Crippen LogP contribution < -0.4 is 15.4 Å².